The largest absolute Gasteiger partial charge is 0.491 e. The number of benzene rings is 1. The van der Waals surface area contributed by atoms with Crippen molar-refractivity contribution in [3.63, 3.8) is 0 Å². The summed E-state index contributed by atoms with van der Waals surface area (Å²) in [6.45, 7) is 6.05. The lowest BCUT2D eigenvalue weighted by Crippen LogP contribution is -2.34. The van der Waals surface area contributed by atoms with Crippen molar-refractivity contribution in [2.24, 2.45) is 5.92 Å². The normalized spacial score (nSPS) is 12.4. The van der Waals surface area contributed by atoms with Crippen molar-refractivity contribution in [1.29, 1.82) is 0 Å². The predicted molar refractivity (Wildman–Crippen MR) is 80.9 cm³/mol. The third-order valence-electron chi connectivity index (χ3n) is 2.96. The first-order chi connectivity index (χ1) is 9.43. The van der Waals surface area contributed by atoms with Crippen molar-refractivity contribution in [2.45, 2.75) is 13.8 Å². The zero-order chi connectivity index (χ0) is 15.1. The standard InChI is InChI=1S/C14H19Cl2NO3/c1-3-17(9-10(2)14(18)19)6-7-20-13-5-4-11(15)8-12(13)16/h4-5,8,10H,3,6-7,9H2,1-2H3,(H,18,19). The molecule has 1 aromatic carbocycles. The molecule has 0 bridgehead atoms. The fraction of sp³-hybridized carbons (Fsp3) is 0.500. The third kappa shape index (κ3) is 5.57. The summed E-state index contributed by atoms with van der Waals surface area (Å²) < 4.78 is 5.59. The van der Waals surface area contributed by atoms with E-state index in [0.717, 1.165) is 6.54 Å². The van der Waals surface area contributed by atoms with E-state index in [1.807, 2.05) is 11.8 Å². The summed E-state index contributed by atoms with van der Waals surface area (Å²) in [6.07, 6.45) is 0. The average Bonchev–Trinajstić information content (AvgIpc) is 2.39. The molecule has 1 rings (SSSR count). The van der Waals surface area contributed by atoms with E-state index in [2.05, 4.69) is 0 Å². The van der Waals surface area contributed by atoms with Crippen LogP contribution in [0.15, 0.2) is 18.2 Å². The van der Waals surface area contributed by atoms with Gasteiger partial charge in [-0.2, -0.15) is 0 Å². The van der Waals surface area contributed by atoms with E-state index >= 15 is 0 Å². The molecule has 0 spiro atoms. The Balaban J connectivity index is 2.43. The number of rotatable bonds is 8. The van der Waals surface area contributed by atoms with E-state index in [1.165, 1.54) is 0 Å². The topological polar surface area (TPSA) is 49.8 Å². The van der Waals surface area contributed by atoms with Crippen molar-refractivity contribution in [2.75, 3.05) is 26.2 Å². The van der Waals surface area contributed by atoms with Crippen LogP contribution in [0.2, 0.25) is 10.0 Å². The molecule has 0 radical (unpaired) electrons. The fourth-order valence-corrected chi connectivity index (χ4v) is 2.18. The second-order valence-electron chi connectivity index (χ2n) is 4.56. The molecule has 0 saturated carbocycles. The summed E-state index contributed by atoms with van der Waals surface area (Å²) in [5.74, 6) is -0.599. The number of nitrogens with zero attached hydrogens (tertiary/aromatic N) is 1. The molecule has 0 heterocycles. The zero-order valence-corrected chi connectivity index (χ0v) is 13.1. The van der Waals surface area contributed by atoms with Gasteiger partial charge in [0.1, 0.15) is 12.4 Å². The maximum absolute atomic E-state index is 10.8. The van der Waals surface area contributed by atoms with Gasteiger partial charge in [0, 0.05) is 18.1 Å². The lowest BCUT2D eigenvalue weighted by molar-refractivity contribution is -0.141. The molecule has 1 unspecified atom stereocenters. The van der Waals surface area contributed by atoms with E-state index < -0.39 is 11.9 Å². The molecule has 0 aliphatic rings. The molecule has 0 saturated heterocycles. The van der Waals surface area contributed by atoms with E-state index in [1.54, 1.807) is 25.1 Å². The van der Waals surface area contributed by atoms with Gasteiger partial charge in [0.2, 0.25) is 0 Å². The lowest BCUT2D eigenvalue weighted by atomic mass is 10.2. The molecule has 6 heteroatoms. The number of carboxylic acids is 1. The van der Waals surface area contributed by atoms with Crippen LogP contribution in [0.5, 0.6) is 5.75 Å². The maximum atomic E-state index is 10.8. The number of likely N-dealkylation sites (N-methyl/N-ethyl adjacent to an activating group) is 1. The Morgan fingerprint density at radius 3 is 2.70 bits per heavy atom. The van der Waals surface area contributed by atoms with Crippen LogP contribution in [0.3, 0.4) is 0 Å². The Hall–Kier alpha value is -0.970. The van der Waals surface area contributed by atoms with Crippen LogP contribution < -0.4 is 4.74 Å². The maximum Gasteiger partial charge on any atom is 0.307 e. The van der Waals surface area contributed by atoms with Crippen LogP contribution in [-0.4, -0.2) is 42.2 Å². The third-order valence-corrected chi connectivity index (χ3v) is 3.49. The van der Waals surface area contributed by atoms with E-state index in [-0.39, 0.29) is 0 Å². The molecular weight excluding hydrogens is 301 g/mol. The van der Waals surface area contributed by atoms with E-state index in [0.29, 0.717) is 35.5 Å². The van der Waals surface area contributed by atoms with Crippen LogP contribution in [0.1, 0.15) is 13.8 Å². The first kappa shape index (κ1) is 17.1. The molecule has 4 nitrogen and oxygen atoms in total. The van der Waals surface area contributed by atoms with Gasteiger partial charge >= 0.3 is 5.97 Å². The van der Waals surface area contributed by atoms with Gasteiger partial charge in [0.25, 0.3) is 0 Å². The van der Waals surface area contributed by atoms with Crippen molar-refractivity contribution >= 4 is 29.2 Å². The molecule has 1 aromatic rings. The van der Waals surface area contributed by atoms with Crippen LogP contribution in [-0.2, 0) is 4.79 Å². The van der Waals surface area contributed by atoms with Crippen molar-refractivity contribution in [1.82, 2.24) is 4.90 Å². The van der Waals surface area contributed by atoms with Crippen molar-refractivity contribution in [3.8, 4) is 5.75 Å². The summed E-state index contributed by atoms with van der Waals surface area (Å²) in [4.78, 5) is 12.9. The van der Waals surface area contributed by atoms with Crippen molar-refractivity contribution < 1.29 is 14.6 Å². The van der Waals surface area contributed by atoms with E-state index in [9.17, 15) is 4.79 Å². The smallest absolute Gasteiger partial charge is 0.307 e. The van der Waals surface area contributed by atoms with Gasteiger partial charge < -0.3 is 9.84 Å². The molecular formula is C14H19Cl2NO3. The minimum absolute atomic E-state index is 0.394. The van der Waals surface area contributed by atoms with Gasteiger partial charge in [-0.3, -0.25) is 9.69 Å². The molecule has 112 valence electrons. The number of ether oxygens (including phenoxy) is 1. The van der Waals surface area contributed by atoms with Crippen LogP contribution in [0, 0.1) is 5.92 Å². The number of carbonyl (C=O) groups is 1. The highest BCUT2D eigenvalue weighted by atomic mass is 35.5. The second kappa shape index (κ2) is 8.35. The Morgan fingerprint density at radius 2 is 2.15 bits per heavy atom. The van der Waals surface area contributed by atoms with Crippen LogP contribution in [0.25, 0.3) is 0 Å². The summed E-state index contributed by atoms with van der Waals surface area (Å²) in [5.41, 5.74) is 0. The highest BCUT2D eigenvalue weighted by Crippen LogP contribution is 2.27. The van der Waals surface area contributed by atoms with Crippen LogP contribution in [0.4, 0.5) is 0 Å². The monoisotopic (exact) mass is 319 g/mol. The Bertz CT molecular complexity index is 454. The first-order valence-electron chi connectivity index (χ1n) is 6.47. The molecule has 0 fully saturated rings. The Kier molecular flexibility index (Phi) is 7.13. The van der Waals surface area contributed by atoms with Gasteiger partial charge in [0.15, 0.2) is 0 Å². The molecule has 0 amide bonds. The SMILES string of the molecule is CCN(CCOc1ccc(Cl)cc1Cl)CC(C)C(=O)O. The lowest BCUT2D eigenvalue weighted by Gasteiger charge is -2.22. The number of halogens is 2. The van der Waals surface area contributed by atoms with Gasteiger partial charge in [-0.1, -0.05) is 37.0 Å². The molecule has 0 aromatic heterocycles. The summed E-state index contributed by atoms with van der Waals surface area (Å²) in [5, 5.41) is 9.94. The summed E-state index contributed by atoms with van der Waals surface area (Å²) >= 11 is 11.8. The highest BCUT2D eigenvalue weighted by molar-refractivity contribution is 6.35. The van der Waals surface area contributed by atoms with Crippen molar-refractivity contribution in [3.05, 3.63) is 28.2 Å². The highest BCUT2D eigenvalue weighted by Gasteiger charge is 2.15. The van der Waals surface area contributed by atoms with Crippen LogP contribution >= 0.6 is 23.2 Å². The number of hydrogen-bond acceptors (Lipinski definition) is 3. The average molecular weight is 320 g/mol. The molecule has 1 N–H and O–H groups in total. The Morgan fingerprint density at radius 1 is 1.45 bits per heavy atom. The quantitative estimate of drug-likeness (QED) is 0.797. The molecule has 20 heavy (non-hydrogen) atoms. The van der Waals surface area contributed by atoms with Gasteiger partial charge in [0.05, 0.1) is 10.9 Å². The van der Waals surface area contributed by atoms with Gasteiger partial charge in [-0.05, 0) is 24.7 Å². The first-order valence-corrected chi connectivity index (χ1v) is 7.22. The number of hydrogen-bond donors (Lipinski definition) is 1. The minimum Gasteiger partial charge on any atom is -0.491 e. The number of carboxylic acid groups (broad SMARTS) is 1. The van der Waals surface area contributed by atoms with Gasteiger partial charge in [-0.15, -0.1) is 0 Å². The molecule has 0 aliphatic carbocycles. The summed E-state index contributed by atoms with van der Waals surface area (Å²) in [6, 6.07) is 5.07. The van der Waals surface area contributed by atoms with E-state index in [4.69, 9.17) is 33.0 Å². The zero-order valence-electron chi connectivity index (χ0n) is 11.6. The summed E-state index contributed by atoms with van der Waals surface area (Å²) in [7, 11) is 0. The Labute approximate surface area is 129 Å². The molecule has 1 atom stereocenters. The molecule has 0 aliphatic heterocycles. The minimum atomic E-state index is -0.787. The fourth-order valence-electron chi connectivity index (χ4n) is 1.72. The second-order valence-corrected chi connectivity index (χ2v) is 5.40. The predicted octanol–water partition coefficient (Wildman–Crippen LogP) is 3.41. The number of aliphatic carboxylic acids is 1. The van der Waals surface area contributed by atoms with Gasteiger partial charge in [-0.25, -0.2) is 0 Å².